The van der Waals surface area contributed by atoms with Gasteiger partial charge in [0.2, 0.25) is 5.91 Å². The summed E-state index contributed by atoms with van der Waals surface area (Å²) in [6.45, 7) is 4.85. The molecule has 0 aromatic heterocycles. The van der Waals surface area contributed by atoms with E-state index in [0.717, 1.165) is 29.7 Å². The predicted octanol–water partition coefficient (Wildman–Crippen LogP) is 3.22. The molecule has 4 heteroatoms. The minimum Gasteiger partial charge on any atom is -0.395 e. The van der Waals surface area contributed by atoms with Gasteiger partial charge in [-0.1, -0.05) is 36.4 Å². The Hall–Kier alpha value is -2.17. The molecule has 1 aliphatic carbocycles. The number of amides is 1. The zero-order chi connectivity index (χ0) is 17.8. The molecule has 25 heavy (non-hydrogen) atoms. The quantitative estimate of drug-likeness (QED) is 0.850. The number of carbonyl (C=O) groups is 1. The monoisotopic (exact) mass is 338 g/mol. The van der Waals surface area contributed by atoms with Gasteiger partial charge in [-0.3, -0.25) is 9.69 Å². The van der Waals surface area contributed by atoms with Crippen LogP contribution >= 0.6 is 0 Å². The normalized spacial score (nSPS) is 16.1. The van der Waals surface area contributed by atoms with Crippen molar-refractivity contribution in [1.29, 1.82) is 0 Å². The van der Waals surface area contributed by atoms with Crippen LogP contribution in [-0.4, -0.2) is 35.6 Å². The summed E-state index contributed by atoms with van der Waals surface area (Å²) in [5.74, 6) is -0.0356. The Labute approximate surface area is 149 Å². The van der Waals surface area contributed by atoms with Crippen molar-refractivity contribution in [2.24, 2.45) is 0 Å². The van der Waals surface area contributed by atoms with Crippen molar-refractivity contribution in [3.8, 4) is 0 Å². The summed E-state index contributed by atoms with van der Waals surface area (Å²) < 4.78 is 0. The summed E-state index contributed by atoms with van der Waals surface area (Å²) >= 11 is 0. The fourth-order valence-corrected chi connectivity index (χ4v) is 3.63. The van der Waals surface area contributed by atoms with Crippen molar-refractivity contribution in [3.63, 3.8) is 0 Å². The fourth-order valence-electron chi connectivity index (χ4n) is 3.63. The smallest absolute Gasteiger partial charge is 0.238 e. The topological polar surface area (TPSA) is 52.6 Å². The highest BCUT2D eigenvalue weighted by molar-refractivity contribution is 5.93. The lowest BCUT2D eigenvalue weighted by Gasteiger charge is -2.28. The average molecular weight is 338 g/mol. The Bertz CT molecular complexity index is 757. The number of carbonyl (C=O) groups excluding carboxylic acids is 1. The number of fused-ring (bicyclic) bond motifs is 1. The number of rotatable bonds is 6. The molecule has 2 aromatic rings. The van der Waals surface area contributed by atoms with Crippen LogP contribution in [0, 0.1) is 13.8 Å². The van der Waals surface area contributed by atoms with Crippen LogP contribution in [0.4, 0.5) is 5.69 Å². The molecular formula is C21H26N2O2. The van der Waals surface area contributed by atoms with E-state index < -0.39 is 0 Å². The lowest BCUT2D eigenvalue weighted by atomic mass is 10.1. The van der Waals surface area contributed by atoms with Gasteiger partial charge in [-0.2, -0.15) is 0 Å². The first-order chi connectivity index (χ1) is 12.1. The first-order valence-corrected chi connectivity index (χ1v) is 8.88. The second kappa shape index (κ2) is 7.81. The number of hydrogen-bond acceptors (Lipinski definition) is 3. The Morgan fingerprint density at radius 1 is 1.24 bits per heavy atom. The predicted molar refractivity (Wildman–Crippen MR) is 101 cm³/mol. The van der Waals surface area contributed by atoms with Crippen molar-refractivity contribution in [2.75, 3.05) is 25.0 Å². The average Bonchev–Trinajstić information content (AvgIpc) is 3.02. The summed E-state index contributed by atoms with van der Waals surface area (Å²) in [6.07, 6.45) is 2.03. The van der Waals surface area contributed by atoms with E-state index in [0.29, 0.717) is 6.54 Å². The molecule has 1 aliphatic rings. The van der Waals surface area contributed by atoms with Crippen molar-refractivity contribution in [3.05, 3.63) is 64.7 Å². The van der Waals surface area contributed by atoms with Crippen molar-refractivity contribution in [2.45, 2.75) is 32.7 Å². The molecular weight excluding hydrogens is 312 g/mol. The molecule has 3 rings (SSSR count). The van der Waals surface area contributed by atoms with E-state index in [-0.39, 0.29) is 25.1 Å². The number of hydrogen-bond donors (Lipinski definition) is 2. The number of nitrogens with one attached hydrogen (secondary N) is 1. The Balaban J connectivity index is 1.72. The molecule has 0 heterocycles. The van der Waals surface area contributed by atoms with Crippen LogP contribution in [0.1, 0.15) is 34.7 Å². The van der Waals surface area contributed by atoms with Crippen LogP contribution in [-0.2, 0) is 11.2 Å². The standard InChI is InChI=1S/C21H26N2O2/c1-15-7-8-16(2)19(13-15)22-21(25)14-23(11-12-24)20-10-9-17-5-3-4-6-18(17)20/h3-8,13,20,24H,9-12,14H2,1-2H3,(H,22,25). The van der Waals surface area contributed by atoms with Gasteiger partial charge in [-0.25, -0.2) is 0 Å². The highest BCUT2D eigenvalue weighted by Crippen LogP contribution is 2.35. The maximum Gasteiger partial charge on any atom is 0.238 e. The molecule has 4 nitrogen and oxygen atoms in total. The first-order valence-electron chi connectivity index (χ1n) is 8.88. The van der Waals surface area contributed by atoms with E-state index in [2.05, 4.69) is 28.4 Å². The molecule has 0 radical (unpaired) electrons. The van der Waals surface area contributed by atoms with Gasteiger partial charge < -0.3 is 10.4 Å². The molecule has 0 bridgehead atoms. The highest BCUT2D eigenvalue weighted by Gasteiger charge is 2.28. The number of nitrogens with zero attached hydrogens (tertiary/aromatic N) is 1. The first kappa shape index (κ1) is 17.6. The molecule has 132 valence electrons. The molecule has 2 aromatic carbocycles. The fraction of sp³-hybridized carbons (Fsp3) is 0.381. The lowest BCUT2D eigenvalue weighted by Crippen LogP contribution is -2.37. The van der Waals surface area contributed by atoms with E-state index in [1.807, 2.05) is 38.1 Å². The Morgan fingerprint density at radius 3 is 2.84 bits per heavy atom. The maximum atomic E-state index is 12.6. The van der Waals surface area contributed by atoms with Crippen LogP contribution in [0.3, 0.4) is 0 Å². The zero-order valence-corrected chi connectivity index (χ0v) is 15.0. The summed E-state index contributed by atoms with van der Waals surface area (Å²) in [7, 11) is 0. The molecule has 1 amide bonds. The third-order valence-electron chi connectivity index (χ3n) is 4.94. The molecule has 1 unspecified atom stereocenters. The number of anilines is 1. The third-order valence-corrected chi connectivity index (χ3v) is 4.94. The minimum absolute atomic E-state index is 0.0356. The zero-order valence-electron chi connectivity index (χ0n) is 15.0. The molecule has 0 fully saturated rings. The van der Waals surface area contributed by atoms with Gasteiger partial charge >= 0.3 is 0 Å². The largest absolute Gasteiger partial charge is 0.395 e. The van der Waals surface area contributed by atoms with Crippen LogP contribution in [0.2, 0.25) is 0 Å². The molecule has 2 N–H and O–H groups in total. The SMILES string of the molecule is Cc1ccc(C)c(NC(=O)CN(CCO)C2CCc3ccccc32)c1. The number of aryl methyl sites for hydroxylation is 3. The van der Waals surface area contributed by atoms with Crippen LogP contribution in [0.5, 0.6) is 0 Å². The lowest BCUT2D eigenvalue weighted by molar-refractivity contribution is -0.118. The number of aliphatic hydroxyl groups is 1. The van der Waals surface area contributed by atoms with Gasteiger partial charge in [0.15, 0.2) is 0 Å². The van der Waals surface area contributed by atoms with Gasteiger partial charge in [-0.15, -0.1) is 0 Å². The number of benzene rings is 2. The molecule has 0 aliphatic heterocycles. The van der Waals surface area contributed by atoms with Gasteiger partial charge in [0.05, 0.1) is 13.2 Å². The van der Waals surface area contributed by atoms with Crippen LogP contribution in [0.25, 0.3) is 0 Å². The third kappa shape index (κ3) is 4.09. The van der Waals surface area contributed by atoms with Crippen LogP contribution < -0.4 is 5.32 Å². The van der Waals surface area contributed by atoms with Gasteiger partial charge in [0.1, 0.15) is 0 Å². The Morgan fingerprint density at radius 2 is 2.04 bits per heavy atom. The van der Waals surface area contributed by atoms with Gasteiger partial charge in [0.25, 0.3) is 0 Å². The maximum absolute atomic E-state index is 12.6. The second-order valence-corrected chi connectivity index (χ2v) is 6.81. The van der Waals surface area contributed by atoms with Gasteiger partial charge in [0, 0.05) is 18.3 Å². The Kier molecular flexibility index (Phi) is 5.51. The van der Waals surface area contributed by atoms with Crippen molar-refractivity contribution < 1.29 is 9.90 Å². The van der Waals surface area contributed by atoms with E-state index >= 15 is 0 Å². The van der Waals surface area contributed by atoms with E-state index in [9.17, 15) is 9.90 Å². The van der Waals surface area contributed by atoms with E-state index in [1.165, 1.54) is 11.1 Å². The molecule has 0 saturated heterocycles. The van der Waals surface area contributed by atoms with Crippen molar-refractivity contribution in [1.82, 2.24) is 4.90 Å². The van der Waals surface area contributed by atoms with Crippen LogP contribution in [0.15, 0.2) is 42.5 Å². The van der Waals surface area contributed by atoms with E-state index in [1.54, 1.807) is 0 Å². The summed E-state index contributed by atoms with van der Waals surface area (Å²) in [4.78, 5) is 14.7. The molecule has 1 atom stereocenters. The highest BCUT2D eigenvalue weighted by atomic mass is 16.3. The second-order valence-electron chi connectivity index (χ2n) is 6.81. The summed E-state index contributed by atoms with van der Waals surface area (Å²) in [6, 6.07) is 14.7. The summed E-state index contributed by atoms with van der Waals surface area (Å²) in [5, 5.41) is 12.5. The molecule has 0 saturated carbocycles. The summed E-state index contributed by atoms with van der Waals surface area (Å²) in [5.41, 5.74) is 5.68. The molecule has 0 spiro atoms. The number of aliphatic hydroxyl groups excluding tert-OH is 1. The minimum atomic E-state index is -0.0356. The van der Waals surface area contributed by atoms with E-state index in [4.69, 9.17) is 0 Å². The van der Waals surface area contributed by atoms with Gasteiger partial charge in [-0.05, 0) is 55.0 Å². The van der Waals surface area contributed by atoms with Crippen molar-refractivity contribution >= 4 is 11.6 Å².